The third-order valence-electron chi connectivity index (χ3n) is 3.52. The average Bonchev–Trinajstić information content (AvgIpc) is 2.94. The number of methoxy groups -OCH3 is 1. The van der Waals surface area contributed by atoms with Gasteiger partial charge in [0.25, 0.3) is 0 Å². The summed E-state index contributed by atoms with van der Waals surface area (Å²) in [5, 5.41) is 8.01. The molecule has 1 aromatic rings. The lowest BCUT2D eigenvalue weighted by Gasteiger charge is -2.08. The predicted molar refractivity (Wildman–Crippen MR) is 75.3 cm³/mol. The van der Waals surface area contributed by atoms with E-state index in [2.05, 4.69) is 28.2 Å². The Morgan fingerprint density at radius 2 is 2.17 bits per heavy atom. The number of halogens is 1. The summed E-state index contributed by atoms with van der Waals surface area (Å²) in [5.41, 5.74) is 2.47. The molecule has 18 heavy (non-hydrogen) atoms. The minimum atomic E-state index is 0. The van der Waals surface area contributed by atoms with E-state index >= 15 is 0 Å². The largest absolute Gasteiger partial charge is 0.383 e. The molecule has 0 bridgehead atoms. The lowest BCUT2D eigenvalue weighted by molar-refractivity contribution is 0.199. The number of ether oxygens (including phenoxy) is 1. The summed E-state index contributed by atoms with van der Waals surface area (Å²) < 4.78 is 7.19. The third-order valence-corrected chi connectivity index (χ3v) is 3.52. The molecule has 0 atom stereocenters. The highest BCUT2D eigenvalue weighted by Gasteiger charge is 2.18. The monoisotopic (exact) mass is 273 g/mol. The maximum absolute atomic E-state index is 5.01. The van der Waals surface area contributed by atoms with Gasteiger partial charge in [-0.05, 0) is 19.8 Å². The summed E-state index contributed by atoms with van der Waals surface area (Å²) in [5.74, 6) is 0. The third kappa shape index (κ3) is 3.97. The number of nitrogens with one attached hydrogen (secondary N) is 1. The van der Waals surface area contributed by atoms with Crippen LogP contribution in [0.15, 0.2) is 6.20 Å². The lowest BCUT2D eigenvalue weighted by atomic mass is 10.2. The van der Waals surface area contributed by atoms with E-state index in [-0.39, 0.29) is 12.4 Å². The average molecular weight is 274 g/mol. The van der Waals surface area contributed by atoms with Crippen LogP contribution in [-0.4, -0.2) is 30.0 Å². The number of aryl methyl sites for hydroxylation is 1. The van der Waals surface area contributed by atoms with Gasteiger partial charge in [0.2, 0.25) is 0 Å². The van der Waals surface area contributed by atoms with Crippen molar-refractivity contribution in [3.05, 3.63) is 17.5 Å². The van der Waals surface area contributed by atoms with Crippen molar-refractivity contribution in [3.8, 4) is 0 Å². The molecule has 1 N–H and O–H groups in total. The van der Waals surface area contributed by atoms with Crippen LogP contribution in [0.5, 0.6) is 0 Å². The minimum Gasteiger partial charge on any atom is -0.383 e. The zero-order chi connectivity index (χ0) is 12.1. The summed E-state index contributed by atoms with van der Waals surface area (Å²) in [6, 6.07) is 0.640. The van der Waals surface area contributed by atoms with Crippen LogP contribution in [0.1, 0.15) is 43.0 Å². The van der Waals surface area contributed by atoms with Crippen molar-refractivity contribution in [2.24, 2.45) is 0 Å². The highest BCUT2D eigenvalue weighted by Crippen LogP contribution is 2.29. The van der Waals surface area contributed by atoms with Gasteiger partial charge in [0.1, 0.15) is 0 Å². The van der Waals surface area contributed by atoms with Crippen LogP contribution in [0.25, 0.3) is 0 Å². The first-order valence-electron chi connectivity index (χ1n) is 6.55. The van der Waals surface area contributed by atoms with E-state index in [1.54, 1.807) is 7.11 Å². The number of aromatic nitrogens is 2. The summed E-state index contributed by atoms with van der Waals surface area (Å²) in [6.07, 6.45) is 7.50. The van der Waals surface area contributed by atoms with Gasteiger partial charge in [0.15, 0.2) is 0 Å². The Morgan fingerprint density at radius 1 is 1.44 bits per heavy atom. The fraction of sp³-hybridized carbons (Fsp3) is 0.769. The summed E-state index contributed by atoms with van der Waals surface area (Å²) in [6.45, 7) is 4.64. The van der Waals surface area contributed by atoms with E-state index in [0.717, 1.165) is 25.4 Å². The Hall–Kier alpha value is -0.580. The van der Waals surface area contributed by atoms with Gasteiger partial charge >= 0.3 is 0 Å². The van der Waals surface area contributed by atoms with Crippen molar-refractivity contribution in [1.29, 1.82) is 0 Å². The molecule has 0 aromatic carbocycles. The molecule has 1 aliphatic carbocycles. The topological polar surface area (TPSA) is 39.1 Å². The molecule has 0 spiro atoms. The zero-order valence-electron chi connectivity index (χ0n) is 11.3. The number of rotatable bonds is 6. The standard InChI is InChI=1S/C13H23N3O.ClH/c1-11-12(9-14-7-8-17-2)10-16(15-11)13-5-3-4-6-13;/h10,13-14H,3-9H2,1-2H3;1H. The molecule has 1 heterocycles. The Morgan fingerprint density at radius 3 is 2.83 bits per heavy atom. The molecule has 1 aromatic heterocycles. The molecule has 1 aliphatic rings. The first-order valence-corrected chi connectivity index (χ1v) is 6.55. The van der Waals surface area contributed by atoms with Crippen LogP contribution in [0, 0.1) is 6.92 Å². The van der Waals surface area contributed by atoms with Gasteiger partial charge in [-0.2, -0.15) is 5.10 Å². The van der Waals surface area contributed by atoms with E-state index in [0.29, 0.717) is 6.04 Å². The second-order valence-corrected chi connectivity index (χ2v) is 4.83. The maximum Gasteiger partial charge on any atom is 0.0638 e. The van der Waals surface area contributed by atoms with E-state index in [1.165, 1.54) is 31.2 Å². The summed E-state index contributed by atoms with van der Waals surface area (Å²) >= 11 is 0. The fourth-order valence-electron chi connectivity index (χ4n) is 2.45. The first-order chi connectivity index (χ1) is 8.31. The Kier molecular flexibility index (Phi) is 6.68. The molecule has 5 heteroatoms. The van der Waals surface area contributed by atoms with Crippen LogP contribution in [-0.2, 0) is 11.3 Å². The van der Waals surface area contributed by atoms with Crippen LogP contribution in [0.2, 0.25) is 0 Å². The maximum atomic E-state index is 5.01. The van der Waals surface area contributed by atoms with Crippen molar-refractivity contribution < 1.29 is 4.74 Å². The van der Waals surface area contributed by atoms with Gasteiger partial charge in [0, 0.05) is 32.0 Å². The molecule has 0 unspecified atom stereocenters. The van der Waals surface area contributed by atoms with Crippen molar-refractivity contribution >= 4 is 12.4 Å². The molecule has 2 rings (SSSR count). The SMILES string of the molecule is COCCNCc1cn(C2CCCC2)nc1C.Cl. The highest BCUT2D eigenvalue weighted by atomic mass is 35.5. The normalized spacial score (nSPS) is 15.9. The lowest BCUT2D eigenvalue weighted by Crippen LogP contribution is -2.18. The van der Waals surface area contributed by atoms with Gasteiger partial charge in [-0.15, -0.1) is 12.4 Å². The highest BCUT2D eigenvalue weighted by molar-refractivity contribution is 5.85. The molecule has 1 saturated carbocycles. The van der Waals surface area contributed by atoms with Gasteiger partial charge in [-0.25, -0.2) is 0 Å². The van der Waals surface area contributed by atoms with Crippen LogP contribution in [0.3, 0.4) is 0 Å². The van der Waals surface area contributed by atoms with Gasteiger partial charge < -0.3 is 10.1 Å². The molecule has 4 nitrogen and oxygen atoms in total. The molecular formula is C13H24ClN3O. The van der Waals surface area contributed by atoms with E-state index in [9.17, 15) is 0 Å². The summed E-state index contributed by atoms with van der Waals surface area (Å²) in [7, 11) is 1.73. The van der Waals surface area contributed by atoms with Crippen molar-refractivity contribution in [2.75, 3.05) is 20.3 Å². The molecule has 104 valence electrons. The molecule has 0 radical (unpaired) electrons. The van der Waals surface area contributed by atoms with Crippen LogP contribution in [0.4, 0.5) is 0 Å². The molecule has 0 amide bonds. The zero-order valence-corrected chi connectivity index (χ0v) is 12.1. The Bertz CT molecular complexity index is 348. The minimum absolute atomic E-state index is 0. The molecule has 0 saturated heterocycles. The van der Waals surface area contributed by atoms with E-state index < -0.39 is 0 Å². The van der Waals surface area contributed by atoms with Gasteiger partial charge in [-0.1, -0.05) is 12.8 Å². The smallest absolute Gasteiger partial charge is 0.0638 e. The van der Waals surface area contributed by atoms with Crippen molar-refractivity contribution in [3.63, 3.8) is 0 Å². The summed E-state index contributed by atoms with van der Waals surface area (Å²) in [4.78, 5) is 0. The molecule has 0 aliphatic heterocycles. The van der Waals surface area contributed by atoms with E-state index in [4.69, 9.17) is 4.74 Å². The molecule has 1 fully saturated rings. The quantitative estimate of drug-likeness (QED) is 0.810. The van der Waals surface area contributed by atoms with Crippen molar-refractivity contribution in [1.82, 2.24) is 15.1 Å². The van der Waals surface area contributed by atoms with Gasteiger partial charge in [-0.3, -0.25) is 4.68 Å². The Balaban J connectivity index is 0.00000162. The van der Waals surface area contributed by atoms with Crippen LogP contribution < -0.4 is 5.32 Å². The number of hydrogen-bond donors (Lipinski definition) is 1. The predicted octanol–water partition coefficient (Wildman–Crippen LogP) is 2.46. The number of hydrogen-bond acceptors (Lipinski definition) is 3. The van der Waals surface area contributed by atoms with Gasteiger partial charge in [0.05, 0.1) is 18.3 Å². The fourth-order valence-corrected chi connectivity index (χ4v) is 2.45. The second kappa shape index (κ2) is 7.77. The van der Waals surface area contributed by atoms with Crippen molar-refractivity contribution in [2.45, 2.75) is 45.2 Å². The van der Waals surface area contributed by atoms with Crippen LogP contribution >= 0.6 is 12.4 Å². The second-order valence-electron chi connectivity index (χ2n) is 4.83. The number of nitrogens with zero attached hydrogens (tertiary/aromatic N) is 2. The van der Waals surface area contributed by atoms with E-state index in [1.807, 2.05) is 0 Å². The first kappa shape index (κ1) is 15.5. The molecular weight excluding hydrogens is 250 g/mol. The Labute approximate surface area is 115 Å².